The second-order valence-electron chi connectivity index (χ2n) is 8.60. The van der Waals surface area contributed by atoms with Crippen LogP contribution in [0.25, 0.3) is 17.4 Å². The number of anilines is 3. The number of nitrogens with one attached hydrogen (secondary N) is 1. The van der Waals surface area contributed by atoms with Crippen LogP contribution >= 0.6 is 23.5 Å². The number of benzene rings is 2. The summed E-state index contributed by atoms with van der Waals surface area (Å²) >= 11 is 7.26. The number of hydrogen-bond donors (Lipinski definition) is 4. The number of halogens is 1. The van der Waals surface area contributed by atoms with Gasteiger partial charge in [0.25, 0.3) is 11.7 Å². The summed E-state index contributed by atoms with van der Waals surface area (Å²) < 4.78 is 9.93. The molecule has 14 heteroatoms. The molecule has 39 heavy (non-hydrogen) atoms. The highest BCUT2D eigenvalue weighted by molar-refractivity contribution is 8.00. The van der Waals surface area contributed by atoms with E-state index in [9.17, 15) is 9.90 Å². The van der Waals surface area contributed by atoms with Crippen molar-refractivity contribution in [1.82, 2.24) is 24.6 Å². The number of carbonyl (C=O) groups excluding carboxylic acids is 1. The van der Waals surface area contributed by atoms with Gasteiger partial charge in [-0.2, -0.15) is 19.5 Å². The predicted molar refractivity (Wildman–Crippen MR) is 150 cm³/mol. The van der Waals surface area contributed by atoms with E-state index in [-0.39, 0.29) is 22.3 Å². The molecule has 0 saturated heterocycles. The van der Waals surface area contributed by atoms with Gasteiger partial charge in [-0.25, -0.2) is 0 Å². The Morgan fingerprint density at radius 2 is 2.00 bits per heavy atom. The number of hydrogen-bond acceptors (Lipinski definition) is 11. The van der Waals surface area contributed by atoms with Crippen molar-refractivity contribution in [3.05, 3.63) is 70.9 Å². The molecule has 6 N–H and O–H groups in total. The van der Waals surface area contributed by atoms with E-state index in [1.165, 1.54) is 28.1 Å². The van der Waals surface area contributed by atoms with Gasteiger partial charge in [-0.15, -0.1) is 5.10 Å². The first-order chi connectivity index (χ1) is 18.8. The van der Waals surface area contributed by atoms with Crippen LogP contribution in [0.4, 0.5) is 17.6 Å². The molecule has 3 aromatic heterocycles. The van der Waals surface area contributed by atoms with Gasteiger partial charge in [-0.1, -0.05) is 23.7 Å². The zero-order chi connectivity index (χ0) is 27.5. The van der Waals surface area contributed by atoms with Crippen molar-refractivity contribution >= 4 is 52.8 Å². The van der Waals surface area contributed by atoms with Gasteiger partial charge in [0.1, 0.15) is 5.75 Å². The van der Waals surface area contributed by atoms with Crippen LogP contribution in [0.5, 0.6) is 5.75 Å². The van der Waals surface area contributed by atoms with E-state index in [1.807, 2.05) is 36.2 Å². The molecular weight excluding hydrogens is 542 g/mol. The molecule has 0 aliphatic carbocycles. The van der Waals surface area contributed by atoms with Crippen molar-refractivity contribution in [3.63, 3.8) is 0 Å². The summed E-state index contributed by atoms with van der Waals surface area (Å²) in [5, 5.41) is 14.3. The largest absolute Gasteiger partial charge is 0.506 e. The lowest BCUT2D eigenvalue weighted by atomic mass is 10.1. The van der Waals surface area contributed by atoms with Crippen LogP contribution in [-0.4, -0.2) is 49.2 Å². The zero-order valence-electron chi connectivity index (χ0n) is 20.7. The number of nitrogen functional groups attached to an aromatic ring is 1. The van der Waals surface area contributed by atoms with Crippen LogP contribution < -0.4 is 21.1 Å². The van der Waals surface area contributed by atoms with E-state index >= 15 is 0 Å². The Kier molecular flexibility index (Phi) is 7.43. The fourth-order valence-electron chi connectivity index (χ4n) is 3.77. The summed E-state index contributed by atoms with van der Waals surface area (Å²) in [6, 6.07) is 14.6. The number of amides is 1. The van der Waals surface area contributed by atoms with Crippen molar-refractivity contribution in [2.24, 2.45) is 5.73 Å². The summed E-state index contributed by atoms with van der Waals surface area (Å²) in [4.78, 5) is 27.3. The number of fused-ring (bicyclic) bond motifs is 1. The molecule has 0 unspecified atom stereocenters. The number of nitrogens with two attached hydrogens (primary N) is 2. The van der Waals surface area contributed by atoms with E-state index in [2.05, 4.69) is 24.8 Å². The topological polar surface area (TPSA) is 174 Å². The summed E-state index contributed by atoms with van der Waals surface area (Å²) in [5.74, 6) is 0.836. The van der Waals surface area contributed by atoms with Gasteiger partial charge < -0.3 is 30.6 Å². The maximum absolute atomic E-state index is 11.5. The van der Waals surface area contributed by atoms with Gasteiger partial charge in [0, 0.05) is 24.2 Å². The van der Waals surface area contributed by atoms with E-state index in [1.54, 1.807) is 24.5 Å². The first kappa shape index (κ1) is 26.1. The minimum absolute atomic E-state index is 0.0276. The molecule has 0 bridgehead atoms. The summed E-state index contributed by atoms with van der Waals surface area (Å²) in [7, 11) is 1.90. The average Bonchev–Trinajstić information content (AvgIpc) is 3.60. The molecule has 12 nitrogen and oxygen atoms in total. The molecule has 1 amide bonds. The highest BCUT2D eigenvalue weighted by atomic mass is 35.5. The first-order valence-corrected chi connectivity index (χ1v) is 13.0. The van der Waals surface area contributed by atoms with Gasteiger partial charge in [0.2, 0.25) is 17.7 Å². The molecule has 0 fully saturated rings. The highest BCUT2D eigenvalue weighted by Gasteiger charge is 2.16. The standard InChI is InChI=1S/C25H24ClN9O3S/c1-34(24-30-23(28)35-25(31-24)29-22(32-35)19-5-3-11-38-19)10-2-4-14-6-8-15(9-7-14)33-39-16-12-17(21(27)37)20(36)18(26)13-16/h3,5-9,11-13,33,36H,2,4,10H2,1H3,(H2,27,37)(H2,28,29,30,31,32). The highest BCUT2D eigenvalue weighted by Crippen LogP contribution is 2.33. The number of aromatic hydroxyl groups is 1. The molecule has 200 valence electrons. The number of primary amides is 1. The number of aromatic nitrogens is 5. The quantitative estimate of drug-likeness (QED) is 0.180. The second-order valence-corrected chi connectivity index (χ2v) is 9.88. The maximum atomic E-state index is 11.5. The van der Waals surface area contributed by atoms with E-state index < -0.39 is 5.91 Å². The Labute approximate surface area is 232 Å². The Balaban J connectivity index is 1.15. The minimum atomic E-state index is -0.750. The van der Waals surface area contributed by atoms with Crippen LogP contribution in [0.1, 0.15) is 22.3 Å². The Bertz CT molecular complexity index is 1620. The SMILES string of the molecule is CN(CCCc1ccc(NSc2cc(Cl)c(O)c(C(N)=O)c2)cc1)c1nc(N)n2nc(-c3ccco3)nc2n1. The molecular formula is C25H24ClN9O3S. The van der Waals surface area contributed by atoms with Crippen LogP contribution in [0.3, 0.4) is 0 Å². The van der Waals surface area contributed by atoms with Crippen LogP contribution in [-0.2, 0) is 6.42 Å². The van der Waals surface area contributed by atoms with Crippen molar-refractivity contribution in [3.8, 4) is 17.3 Å². The van der Waals surface area contributed by atoms with Crippen molar-refractivity contribution in [2.75, 3.05) is 28.9 Å². The Morgan fingerprint density at radius 3 is 2.72 bits per heavy atom. The number of aryl methyl sites for hydroxylation is 1. The van der Waals surface area contributed by atoms with Gasteiger partial charge >= 0.3 is 0 Å². The third kappa shape index (κ3) is 5.84. The Hall–Kier alpha value is -4.49. The zero-order valence-corrected chi connectivity index (χ0v) is 22.3. The van der Waals surface area contributed by atoms with E-state index in [4.69, 9.17) is 27.5 Å². The average molecular weight is 566 g/mol. The molecule has 0 atom stereocenters. The number of nitrogens with zero attached hydrogens (tertiary/aromatic N) is 6. The number of carbonyl (C=O) groups is 1. The molecule has 0 radical (unpaired) electrons. The molecule has 5 aromatic rings. The molecule has 0 saturated carbocycles. The van der Waals surface area contributed by atoms with Crippen molar-refractivity contribution < 1.29 is 14.3 Å². The molecule has 3 heterocycles. The van der Waals surface area contributed by atoms with E-state index in [0.717, 1.165) is 18.5 Å². The van der Waals surface area contributed by atoms with Crippen molar-refractivity contribution in [1.29, 1.82) is 0 Å². The van der Waals surface area contributed by atoms with Gasteiger partial charge in [-0.3, -0.25) is 4.79 Å². The van der Waals surface area contributed by atoms with E-state index in [0.29, 0.717) is 34.8 Å². The summed E-state index contributed by atoms with van der Waals surface area (Å²) in [6.07, 6.45) is 3.26. The van der Waals surface area contributed by atoms with Crippen LogP contribution in [0.2, 0.25) is 5.02 Å². The molecule has 5 rings (SSSR count). The summed E-state index contributed by atoms with van der Waals surface area (Å²) in [6.45, 7) is 0.703. The van der Waals surface area contributed by atoms with Gasteiger partial charge in [-0.05, 0) is 66.8 Å². The third-order valence-corrected chi connectivity index (χ3v) is 6.90. The molecule has 0 spiro atoms. The molecule has 2 aromatic carbocycles. The predicted octanol–water partition coefficient (Wildman–Crippen LogP) is 4.01. The normalized spacial score (nSPS) is 11.1. The monoisotopic (exact) mass is 565 g/mol. The lowest BCUT2D eigenvalue weighted by Gasteiger charge is -2.17. The van der Waals surface area contributed by atoms with Gasteiger partial charge in [0.05, 0.1) is 16.8 Å². The van der Waals surface area contributed by atoms with Crippen LogP contribution in [0.15, 0.2) is 64.1 Å². The Morgan fingerprint density at radius 1 is 1.21 bits per heavy atom. The lowest BCUT2D eigenvalue weighted by molar-refractivity contribution is 0.0997. The maximum Gasteiger partial charge on any atom is 0.259 e. The molecule has 0 aliphatic rings. The van der Waals surface area contributed by atoms with Crippen LogP contribution in [0, 0.1) is 0 Å². The number of phenols is 1. The fourth-order valence-corrected chi connectivity index (χ4v) is 4.78. The molecule has 0 aliphatic heterocycles. The third-order valence-electron chi connectivity index (χ3n) is 5.81. The number of furan rings is 1. The van der Waals surface area contributed by atoms with Gasteiger partial charge in [0.15, 0.2) is 5.76 Å². The number of rotatable bonds is 10. The minimum Gasteiger partial charge on any atom is -0.506 e. The summed E-state index contributed by atoms with van der Waals surface area (Å²) in [5.41, 5.74) is 13.4. The first-order valence-electron chi connectivity index (χ1n) is 11.8. The second kappa shape index (κ2) is 11.1. The lowest BCUT2D eigenvalue weighted by Crippen LogP contribution is -2.23. The van der Waals surface area contributed by atoms with Crippen molar-refractivity contribution in [2.45, 2.75) is 17.7 Å². The smallest absolute Gasteiger partial charge is 0.259 e. The fraction of sp³-hybridized carbons (Fsp3) is 0.160.